The summed E-state index contributed by atoms with van der Waals surface area (Å²) in [5.74, 6) is -0.458. The second-order valence-electron chi connectivity index (χ2n) is 6.92. The number of unbranched alkanes of at least 4 members (excludes halogenated alkanes) is 3. The van der Waals surface area contributed by atoms with Gasteiger partial charge in [-0.2, -0.15) is 8.78 Å². The third-order valence-electron chi connectivity index (χ3n) is 4.36. The first kappa shape index (κ1) is 23.1. The summed E-state index contributed by atoms with van der Waals surface area (Å²) in [5, 5.41) is 0. The minimum atomic E-state index is -4.82. The second kappa shape index (κ2) is 10.6. The molecule has 0 aliphatic carbocycles. The molecule has 0 amide bonds. The van der Waals surface area contributed by atoms with Gasteiger partial charge < -0.3 is 9.47 Å². The first-order valence-electron chi connectivity index (χ1n) is 9.61. The molecule has 0 fully saturated rings. The highest BCUT2D eigenvalue weighted by Gasteiger charge is 2.32. The third-order valence-corrected chi connectivity index (χ3v) is 4.36. The van der Waals surface area contributed by atoms with Gasteiger partial charge in [-0.25, -0.2) is 0 Å². The predicted molar refractivity (Wildman–Crippen MR) is 101 cm³/mol. The highest BCUT2D eigenvalue weighted by atomic mass is 19.4. The van der Waals surface area contributed by atoms with Crippen molar-refractivity contribution in [2.75, 3.05) is 0 Å². The zero-order chi connectivity index (χ0) is 21.3. The van der Waals surface area contributed by atoms with E-state index in [9.17, 15) is 22.0 Å². The van der Waals surface area contributed by atoms with E-state index >= 15 is 0 Å². The van der Waals surface area contributed by atoms with E-state index in [2.05, 4.69) is 11.7 Å². The molecule has 0 aliphatic rings. The maximum absolute atomic E-state index is 14.1. The molecule has 0 unspecified atom stereocenters. The Morgan fingerprint density at radius 3 is 1.90 bits per heavy atom. The van der Waals surface area contributed by atoms with E-state index in [1.807, 2.05) is 12.1 Å². The van der Waals surface area contributed by atoms with Crippen LogP contribution in [0.3, 0.4) is 0 Å². The fourth-order valence-corrected chi connectivity index (χ4v) is 2.84. The molecular formula is C22H25F5O2. The van der Waals surface area contributed by atoms with Gasteiger partial charge in [0.2, 0.25) is 0 Å². The summed E-state index contributed by atoms with van der Waals surface area (Å²) in [6, 6.07) is 11.7. The highest BCUT2D eigenvalue weighted by Crippen LogP contribution is 2.27. The molecule has 2 rings (SSSR count). The van der Waals surface area contributed by atoms with E-state index in [1.54, 1.807) is 12.1 Å². The molecule has 0 radical (unpaired) electrons. The van der Waals surface area contributed by atoms with Crippen molar-refractivity contribution in [2.24, 2.45) is 0 Å². The van der Waals surface area contributed by atoms with Gasteiger partial charge in [0.05, 0.1) is 13.0 Å². The van der Waals surface area contributed by atoms with Gasteiger partial charge >= 0.3 is 12.5 Å². The quantitative estimate of drug-likeness (QED) is 0.288. The zero-order valence-electron chi connectivity index (χ0n) is 16.3. The minimum absolute atomic E-state index is 0.145. The van der Waals surface area contributed by atoms with Crippen LogP contribution in [0.25, 0.3) is 0 Å². The molecule has 29 heavy (non-hydrogen) atoms. The number of hydrogen-bond donors (Lipinski definition) is 0. The monoisotopic (exact) mass is 416 g/mol. The second-order valence-corrected chi connectivity index (χ2v) is 6.92. The first-order valence-corrected chi connectivity index (χ1v) is 9.61. The van der Waals surface area contributed by atoms with Crippen molar-refractivity contribution in [2.45, 2.75) is 64.5 Å². The van der Waals surface area contributed by atoms with Gasteiger partial charge in [-0.15, -0.1) is 13.2 Å². The van der Waals surface area contributed by atoms with Crippen LogP contribution in [0.4, 0.5) is 22.0 Å². The van der Waals surface area contributed by atoms with Crippen LogP contribution in [0.1, 0.15) is 49.3 Å². The molecule has 0 saturated carbocycles. The lowest BCUT2D eigenvalue weighted by molar-refractivity contribution is -0.274. The summed E-state index contributed by atoms with van der Waals surface area (Å²) in [6.07, 6.45) is -3.37. The van der Waals surface area contributed by atoms with Crippen LogP contribution in [-0.4, -0.2) is 12.5 Å². The normalized spacial score (nSPS) is 12.2. The summed E-state index contributed by atoms with van der Waals surface area (Å²) >= 11 is 0. The van der Waals surface area contributed by atoms with Crippen molar-refractivity contribution in [3.63, 3.8) is 0 Å². The minimum Gasteiger partial charge on any atom is -0.406 e. The Balaban J connectivity index is 1.81. The van der Waals surface area contributed by atoms with Crippen molar-refractivity contribution < 1.29 is 31.4 Å². The smallest absolute Gasteiger partial charge is 0.406 e. The van der Waals surface area contributed by atoms with Gasteiger partial charge in [-0.3, -0.25) is 0 Å². The molecule has 0 saturated heterocycles. The Bertz CT molecular complexity index is 724. The summed E-state index contributed by atoms with van der Waals surface area (Å²) in [4.78, 5) is 0. The van der Waals surface area contributed by atoms with Crippen LogP contribution in [0.2, 0.25) is 0 Å². The number of alkyl halides is 5. The number of ether oxygens (including phenoxy) is 2. The lowest BCUT2D eigenvalue weighted by atomic mass is 10.0. The zero-order valence-corrected chi connectivity index (χ0v) is 16.3. The van der Waals surface area contributed by atoms with Crippen LogP contribution in [0.15, 0.2) is 48.5 Å². The molecule has 7 heteroatoms. The van der Waals surface area contributed by atoms with Gasteiger partial charge in [0.15, 0.2) is 0 Å². The lowest BCUT2D eigenvalue weighted by Gasteiger charge is -2.17. The summed E-state index contributed by atoms with van der Waals surface area (Å²) in [6.45, 7) is 1.90. The predicted octanol–water partition coefficient (Wildman–Crippen LogP) is 7.06. The average Bonchev–Trinajstić information content (AvgIpc) is 2.65. The van der Waals surface area contributed by atoms with Crippen LogP contribution < -0.4 is 4.74 Å². The van der Waals surface area contributed by atoms with Crippen molar-refractivity contribution in [1.82, 2.24) is 0 Å². The number of benzene rings is 2. The maximum Gasteiger partial charge on any atom is 0.573 e. The van der Waals surface area contributed by atoms with Gasteiger partial charge in [-0.1, -0.05) is 62.6 Å². The van der Waals surface area contributed by atoms with Crippen LogP contribution in [0.5, 0.6) is 5.75 Å². The molecule has 0 aromatic heterocycles. The van der Waals surface area contributed by atoms with Crippen LogP contribution in [-0.2, 0) is 24.2 Å². The molecule has 0 aliphatic heterocycles. The number of halogens is 5. The third kappa shape index (κ3) is 9.26. The van der Waals surface area contributed by atoms with Crippen molar-refractivity contribution >= 4 is 0 Å². The Morgan fingerprint density at radius 1 is 0.724 bits per heavy atom. The van der Waals surface area contributed by atoms with Gasteiger partial charge in [0.1, 0.15) is 5.75 Å². The van der Waals surface area contributed by atoms with Crippen molar-refractivity contribution in [3.8, 4) is 5.75 Å². The van der Waals surface area contributed by atoms with E-state index in [4.69, 9.17) is 4.74 Å². The topological polar surface area (TPSA) is 18.5 Å². The maximum atomic E-state index is 14.1. The Hall–Kier alpha value is -2.15. The standard InChI is InChI=1S/C22H25F5O2/c1-2-3-4-5-6-17-7-9-19(10-8-17)16-28-21(23,24)15-18-11-13-20(14-12-18)29-22(25,26)27/h7-14H,2-6,15-16H2,1H3. The summed E-state index contributed by atoms with van der Waals surface area (Å²) < 4.78 is 73.0. The molecule has 0 N–H and O–H groups in total. The molecule has 2 nitrogen and oxygen atoms in total. The number of hydrogen-bond acceptors (Lipinski definition) is 2. The van der Waals surface area contributed by atoms with Gasteiger partial charge in [-0.05, 0) is 41.7 Å². The summed E-state index contributed by atoms with van der Waals surface area (Å²) in [7, 11) is 0. The fraction of sp³-hybridized carbons (Fsp3) is 0.455. The van der Waals surface area contributed by atoms with Crippen molar-refractivity contribution in [1.29, 1.82) is 0 Å². The van der Waals surface area contributed by atoms with Gasteiger partial charge in [0, 0.05) is 0 Å². The molecule has 0 spiro atoms. The van der Waals surface area contributed by atoms with E-state index in [-0.39, 0.29) is 12.2 Å². The van der Waals surface area contributed by atoms with Crippen molar-refractivity contribution in [3.05, 3.63) is 65.2 Å². The Morgan fingerprint density at radius 2 is 1.31 bits per heavy atom. The fourth-order valence-electron chi connectivity index (χ4n) is 2.84. The van der Waals surface area contributed by atoms with Crippen LogP contribution in [0, 0.1) is 0 Å². The Kier molecular flexibility index (Phi) is 8.44. The van der Waals surface area contributed by atoms with Crippen LogP contribution >= 0.6 is 0 Å². The average molecular weight is 416 g/mol. The largest absolute Gasteiger partial charge is 0.573 e. The first-order chi connectivity index (χ1) is 13.7. The SMILES string of the molecule is CCCCCCc1ccc(COC(F)(F)Cc2ccc(OC(F)(F)F)cc2)cc1. The molecule has 2 aromatic carbocycles. The number of rotatable bonds is 11. The van der Waals surface area contributed by atoms with Gasteiger partial charge in [0.25, 0.3) is 0 Å². The summed E-state index contributed by atoms with van der Waals surface area (Å²) in [5.41, 5.74) is 1.95. The molecule has 160 valence electrons. The molecule has 0 atom stereocenters. The molecular weight excluding hydrogens is 391 g/mol. The highest BCUT2D eigenvalue weighted by molar-refractivity contribution is 5.28. The van der Waals surface area contributed by atoms with E-state index in [0.29, 0.717) is 5.56 Å². The Labute approximate surface area is 167 Å². The molecule has 0 heterocycles. The van der Waals surface area contributed by atoms with E-state index < -0.39 is 24.6 Å². The van der Waals surface area contributed by atoms with E-state index in [1.165, 1.54) is 19.3 Å². The number of aryl methyl sites for hydroxylation is 1. The lowest BCUT2D eigenvalue weighted by Crippen LogP contribution is -2.23. The van der Waals surface area contributed by atoms with E-state index in [0.717, 1.165) is 42.7 Å². The molecule has 2 aromatic rings. The molecule has 0 bridgehead atoms.